The van der Waals surface area contributed by atoms with Crippen molar-refractivity contribution in [1.82, 2.24) is 9.38 Å². The van der Waals surface area contributed by atoms with Crippen molar-refractivity contribution in [2.75, 3.05) is 11.9 Å². The zero-order valence-corrected chi connectivity index (χ0v) is 12.3. The Balaban J connectivity index is 1.62. The number of aromatic nitrogens is 2. The van der Waals surface area contributed by atoms with Crippen molar-refractivity contribution in [3.63, 3.8) is 0 Å². The summed E-state index contributed by atoms with van der Waals surface area (Å²) in [7, 11) is 0. The quantitative estimate of drug-likeness (QED) is 0.777. The Bertz CT molecular complexity index is 718. The van der Waals surface area contributed by atoms with Crippen LogP contribution in [0.15, 0.2) is 54.9 Å². The zero-order valence-electron chi connectivity index (χ0n) is 12.3. The van der Waals surface area contributed by atoms with Crippen molar-refractivity contribution in [3.8, 4) is 5.75 Å². The van der Waals surface area contributed by atoms with Crippen LogP contribution in [0.1, 0.15) is 12.5 Å². The Kier molecular flexibility index (Phi) is 3.77. The molecule has 2 heterocycles. The van der Waals surface area contributed by atoms with Crippen LogP contribution in [0.3, 0.4) is 0 Å². The molecule has 108 valence electrons. The molecule has 3 aromatic rings. The minimum absolute atomic E-state index is 0.194. The van der Waals surface area contributed by atoms with E-state index in [-0.39, 0.29) is 6.04 Å². The van der Waals surface area contributed by atoms with Crippen LogP contribution >= 0.6 is 0 Å². The highest BCUT2D eigenvalue weighted by Gasteiger charge is 2.06. The van der Waals surface area contributed by atoms with Gasteiger partial charge in [-0.05, 0) is 38.1 Å². The Morgan fingerprint density at radius 2 is 2.00 bits per heavy atom. The molecule has 2 aromatic heterocycles. The van der Waals surface area contributed by atoms with Crippen LogP contribution in [-0.2, 0) is 0 Å². The third kappa shape index (κ3) is 3.16. The first-order valence-corrected chi connectivity index (χ1v) is 7.10. The van der Waals surface area contributed by atoms with Gasteiger partial charge >= 0.3 is 0 Å². The summed E-state index contributed by atoms with van der Waals surface area (Å²) in [5, 5.41) is 3.45. The zero-order chi connectivity index (χ0) is 14.7. The van der Waals surface area contributed by atoms with Gasteiger partial charge in [0, 0.05) is 12.4 Å². The number of hydrogen-bond donors (Lipinski definition) is 1. The molecule has 21 heavy (non-hydrogen) atoms. The highest BCUT2D eigenvalue weighted by molar-refractivity contribution is 5.50. The number of pyridine rings is 1. The van der Waals surface area contributed by atoms with Crippen molar-refractivity contribution in [1.29, 1.82) is 0 Å². The number of imidazole rings is 1. The molecule has 1 atom stereocenters. The largest absolute Gasteiger partial charge is 0.491 e. The highest BCUT2D eigenvalue weighted by atomic mass is 16.5. The Hall–Kier alpha value is -2.49. The Morgan fingerprint density at radius 1 is 1.19 bits per heavy atom. The van der Waals surface area contributed by atoms with Crippen molar-refractivity contribution in [2.45, 2.75) is 19.9 Å². The Labute approximate surface area is 124 Å². The summed E-state index contributed by atoms with van der Waals surface area (Å²) < 4.78 is 7.83. The molecule has 0 fully saturated rings. The molecule has 1 aromatic carbocycles. The molecule has 1 N–H and O–H groups in total. The number of nitrogens with zero attached hydrogens (tertiary/aromatic N) is 2. The third-order valence-corrected chi connectivity index (χ3v) is 3.34. The van der Waals surface area contributed by atoms with E-state index in [4.69, 9.17) is 4.74 Å². The van der Waals surface area contributed by atoms with Crippen LogP contribution in [0.25, 0.3) is 5.65 Å². The summed E-state index contributed by atoms with van der Waals surface area (Å²) in [4.78, 5) is 4.28. The lowest BCUT2D eigenvalue weighted by molar-refractivity contribution is 0.303. The number of aryl methyl sites for hydroxylation is 1. The van der Waals surface area contributed by atoms with Gasteiger partial charge in [0.25, 0.3) is 0 Å². The number of fused-ring (bicyclic) bond motifs is 1. The lowest BCUT2D eigenvalue weighted by Gasteiger charge is -2.17. The fourth-order valence-corrected chi connectivity index (χ4v) is 2.22. The smallest absolute Gasteiger partial charge is 0.138 e. The first-order valence-electron chi connectivity index (χ1n) is 7.10. The van der Waals surface area contributed by atoms with Crippen molar-refractivity contribution < 1.29 is 4.74 Å². The van der Waals surface area contributed by atoms with Gasteiger partial charge in [-0.1, -0.05) is 23.8 Å². The van der Waals surface area contributed by atoms with E-state index < -0.39 is 0 Å². The van der Waals surface area contributed by atoms with Gasteiger partial charge in [0.1, 0.15) is 23.8 Å². The van der Waals surface area contributed by atoms with Gasteiger partial charge in [-0.3, -0.25) is 4.40 Å². The van der Waals surface area contributed by atoms with Crippen LogP contribution in [-0.4, -0.2) is 22.0 Å². The summed E-state index contributed by atoms with van der Waals surface area (Å²) in [5.74, 6) is 1.92. The second kappa shape index (κ2) is 5.87. The molecule has 0 saturated carbocycles. The fraction of sp³-hybridized carbons (Fsp3) is 0.235. The molecule has 0 saturated heterocycles. The van der Waals surface area contributed by atoms with E-state index in [1.807, 2.05) is 40.9 Å². The molecule has 3 rings (SSSR count). The lowest BCUT2D eigenvalue weighted by Crippen LogP contribution is -2.24. The van der Waals surface area contributed by atoms with E-state index in [9.17, 15) is 0 Å². The maximum Gasteiger partial charge on any atom is 0.138 e. The molecular weight excluding hydrogens is 262 g/mol. The average molecular weight is 281 g/mol. The van der Waals surface area contributed by atoms with Crippen LogP contribution in [0.4, 0.5) is 5.82 Å². The SMILES string of the molecule is Cc1ccc(OCC(C)Nc2cccc3nccn23)cc1. The van der Waals surface area contributed by atoms with E-state index in [1.165, 1.54) is 5.56 Å². The maximum absolute atomic E-state index is 5.80. The molecule has 0 aliphatic carbocycles. The van der Waals surface area contributed by atoms with Crippen LogP contribution < -0.4 is 10.1 Å². The predicted octanol–water partition coefficient (Wildman–Crippen LogP) is 3.52. The molecule has 1 unspecified atom stereocenters. The number of hydrogen-bond acceptors (Lipinski definition) is 3. The molecule has 0 aliphatic heterocycles. The molecule has 0 amide bonds. The fourth-order valence-electron chi connectivity index (χ4n) is 2.22. The van der Waals surface area contributed by atoms with Crippen molar-refractivity contribution >= 4 is 11.5 Å². The van der Waals surface area contributed by atoms with Gasteiger partial charge < -0.3 is 10.1 Å². The molecule has 4 heteroatoms. The predicted molar refractivity (Wildman–Crippen MR) is 85.0 cm³/mol. The minimum Gasteiger partial charge on any atom is -0.491 e. The number of ether oxygens (including phenoxy) is 1. The van der Waals surface area contributed by atoms with Gasteiger partial charge in [-0.15, -0.1) is 0 Å². The van der Waals surface area contributed by atoms with Crippen molar-refractivity contribution in [3.05, 3.63) is 60.4 Å². The van der Waals surface area contributed by atoms with E-state index in [1.54, 1.807) is 6.20 Å². The number of nitrogens with one attached hydrogen (secondary N) is 1. The van der Waals surface area contributed by atoms with E-state index in [2.05, 4.69) is 36.3 Å². The number of rotatable bonds is 5. The second-order valence-corrected chi connectivity index (χ2v) is 5.24. The molecular formula is C17H19N3O. The summed E-state index contributed by atoms with van der Waals surface area (Å²) in [6.45, 7) is 4.78. The first-order chi connectivity index (χ1) is 10.2. The summed E-state index contributed by atoms with van der Waals surface area (Å²) >= 11 is 0. The first kappa shape index (κ1) is 13.5. The topological polar surface area (TPSA) is 38.6 Å². The highest BCUT2D eigenvalue weighted by Crippen LogP contribution is 2.14. The van der Waals surface area contributed by atoms with Gasteiger partial charge in [0.05, 0.1) is 6.04 Å². The number of benzene rings is 1. The summed E-state index contributed by atoms with van der Waals surface area (Å²) in [5.41, 5.74) is 2.17. The maximum atomic E-state index is 5.80. The lowest BCUT2D eigenvalue weighted by atomic mass is 10.2. The van der Waals surface area contributed by atoms with Crippen molar-refractivity contribution in [2.24, 2.45) is 0 Å². The molecule has 0 bridgehead atoms. The monoisotopic (exact) mass is 281 g/mol. The minimum atomic E-state index is 0.194. The van der Waals surface area contributed by atoms with Gasteiger partial charge in [0.2, 0.25) is 0 Å². The van der Waals surface area contributed by atoms with Gasteiger partial charge in [-0.2, -0.15) is 0 Å². The average Bonchev–Trinajstić information content (AvgIpc) is 2.96. The standard InChI is InChI=1S/C17H19N3O/c1-13-6-8-15(9-7-13)21-12-14(2)19-17-5-3-4-16-18-10-11-20(16)17/h3-11,14,19H,12H2,1-2H3. The summed E-state index contributed by atoms with van der Waals surface area (Å²) in [6, 6.07) is 14.3. The van der Waals surface area contributed by atoms with Crippen LogP contribution in [0.2, 0.25) is 0 Å². The van der Waals surface area contributed by atoms with Gasteiger partial charge in [0.15, 0.2) is 0 Å². The summed E-state index contributed by atoms with van der Waals surface area (Å²) in [6.07, 6.45) is 3.75. The molecule has 0 spiro atoms. The van der Waals surface area contributed by atoms with Gasteiger partial charge in [-0.25, -0.2) is 4.98 Å². The normalized spacial score (nSPS) is 12.3. The molecule has 0 radical (unpaired) electrons. The second-order valence-electron chi connectivity index (χ2n) is 5.24. The third-order valence-electron chi connectivity index (χ3n) is 3.34. The molecule has 4 nitrogen and oxygen atoms in total. The van der Waals surface area contributed by atoms with E-state index in [0.29, 0.717) is 6.61 Å². The number of anilines is 1. The van der Waals surface area contributed by atoms with E-state index in [0.717, 1.165) is 17.2 Å². The van der Waals surface area contributed by atoms with Crippen LogP contribution in [0.5, 0.6) is 5.75 Å². The Morgan fingerprint density at radius 3 is 2.81 bits per heavy atom. The van der Waals surface area contributed by atoms with E-state index >= 15 is 0 Å². The van der Waals surface area contributed by atoms with Crippen LogP contribution in [0, 0.1) is 6.92 Å². The molecule has 0 aliphatic rings.